The van der Waals surface area contributed by atoms with Crippen LogP contribution in [0.2, 0.25) is 0 Å². The second-order valence-corrected chi connectivity index (χ2v) is 5.92. The number of benzene rings is 1. The predicted molar refractivity (Wildman–Crippen MR) is 94.3 cm³/mol. The molecule has 1 amide bonds. The minimum Gasteiger partial charge on any atom is -0.326 e. The van der Waals surface area contributed by atoms with Crippen LogP contribution >= 0.6 is 0 Å². The molecular formula is C18H17N5O2. The van der Waals surface area contributed by atoms with Crippen LogP contribution in [0.3, 0.4) is 0 Å². The van der Waals surface area contributed by atoms with Crippen molar-refractivity contribution in [3.05, 3.63) is 57.0 Å². The van der Waals surface area contributed by atoms with Crippen LogP contribution in [0.25, 0.3) is 11.0 Å². The average molecular weight is 335 g/mol. The van der Waals surface area contributed by atoms with Crippen LogP contribution < -0.4 is 10.9 Å². The molecule has 3 rings (SSSR count). The first-order valence-electron chi connectivity index (χ1n) is 7.75. The van der Waals surface area contributed by atoms with E-state index in [-0.39, 0.29) is 17.9 Å². The summed E-state index contributed by atoms with van der Waals surface area (Å²) >= 11 is 0. The van der Waals surface area contributed by atoms with Gasteiger partial charge in [0.05, 0.1) is 23.4 Å². The van der Waals surface area contributed by atoms with Gasteiger partial charge in [-0.15, -0.1) is 0 Å². The number of anilines is 1. The van der Waals surface area contributed by atoms with Crippen LogP contribution in [-0.4, -0.2) is 20.7 Å². The Morgan fingerprint density at radius 2 is 2.16 bits per heavy atom. The fraction of sp³-hybridized carbons (Fsp3) is 0.222. The summed E-state index contributed by atoms with van der Waals surface area (Å²) in [4.78, 5) is 28.9. The van der Waals surface area contributed by atoms with E-state index < -0.39 is 0 Å². The molecule has 0 fully saturated rings. The molecule has 3 aromatic rings. The molecule has 25 heavy (non-hydrogen) atoms. The number of aromatic nitrogens is 3. The highest BCUT2D eigenvalue weighted by molar-refractivity contribution is 5.93. The van der Waals surface area contributed by atoms with Crippen LogP contribution in [-0.2, 0) is 18.3 Å². The van der Waals surface area contributed by atoms with Crippen LogP contribution in [0.15, 0.2) is 29.1 Å². The maximum atomic E-state index is 12.4. The number of hydrogen-bond donors (Lipinski definition) is 2. The van der Waals surface area contributed by atoms with Crippen molar-refractivity contribution in [1.82, 2.24) is 14.8 Å². The van der Waals surface area contributed by atoms with Crippen LogP contribution in [0, 0.1) is 25.2 Å². The van der Waals surface area contributed by atoms with Crippen molar-refractivity contribution >= 4 is 22.6 Å². The van der Waals surface area contributed by atoms with E-state index in [2.05, 4.69) is 15.4 Å². The van der Waals surface area contributed by atoms with Crippen molar-refractivity contribution in [1.29, 1.82) is 5.26 Å². The number of fused-ring (bicyclic) bond motifs is 1. The number of amides is 1. The molecule has 1 aromatic carbocycles. The molecule has 2 N–H and O–H groups in total. The number of hydrogen-bond acceptors (Lipinski definition) is 4. The number of rotatable bonds is 3. The quantitative estimate of drug-likeness (QED) is 0.763. The molecule has 7 heteroatoms. The molecule has 0 unspecified atom stereocenters. The van der Waals surface area contributed by atoms with E-state index in [1.165, 1.54) is 0 Å². The zero-order valence-electron chi connectivity index (χ0n) is 14.2. The van der Waals surface area contributed by atoms with Gasteiger partial charge >= 0.3 is 0 Å². The summed E-state index contributed by atoms with van der Waals surface area (Å²) in [7, 11) is 1.73. The Balaban J connectivity index is 1.92. The Kier molecular flexibility index (Phi) is 4.11. The first-order valence-corrected chi connectivity index (χ1v) is 7.75. The second kappa shape index (κ2) is 6.24. The van der Waals surface area contributed by atoms with E-state index in [1.807, 2.05) is 19.9 Å². The molecule has 126 valence electrons. The molecule has 0 atom stereocenters. The number of pyridine rings is 1. The lowest BCUT2D eigenvalue weighted by Crippen LogP contribution is -2.17. The lowest BCUT2D eigenvalue weighted by atomic mass is 10.0. The number of nitriles is 1. The minimum absolute atomic E-state index is 0.103. The number of carbonyl (C=O) groups is 1. The number of carbonyl (C=O) groups excluding carboxylic acids is 1. The van der Waals surface area contributed by atoms with Gasteiger partial charge < -0.3 is 5.32 Å². The lowest BCUT2D eigenvalue weighted by molar-refractivity contribution is -0.115. The number of aromatic amines is 1. The van der Waals surface area contributed by atoms with Crippen molar-refractivity contribution in [3.8, 4) is 6.07 Å². The lowest BCUT2D eigenvalue weighted by Gasteiger charge is -2.11. The summed E-state index contributed by atoms with van der Waals surface area (Å²) in [6, 6.07) is 8.75. The molecule has 0 aliphatic carbocycles. The number of H-pyrrole nitrogens is 1. The maximum absolute atomic E-state index is 12.4. The van der Waals surface area contributed by atoms with Crippen LogP contribution in [0.1, 0.15) is 22.4 Å². The van der Waals surface area contributed by atoms with Crippen molar-refractivity contribution < 1.29 is 4.79 Å². The van der Waals surface area contributed by atoms with E-state index in [4.69, 9.17) is 5.26 Å². The van der Waals surface area contributed by atoms with Gasteiger partial charge in [0.2, 0.25) is 5.91 Å². The molecule has 0 radical (unpaired) electrons. The summed E-state index contributed by atoms with van der Waals surface area (Å²) in [6.45, 7) is 3.65. The third kappa shape index (κ3) is 3.02. The molecule has 7 nitrogen and oxygen atoms in total. The molecule has 0 aliphatic heterocycles. The second-order valence-electron chi connectivity index (χ2n) is 5.92. The Labute approximate surface area is 143 Å². The predicted octanol–water partition coefficient (Wildman–Crippen LogP) is 1.93. The normalized spacial score (nSPS) is 10.6. The monoisotopic (exact) mass is 335 g/mol. The van der Waals surface area contributed by atoms with Crippen molar-refractivity contribution in [2.45, 2.75) is 20.3 Å². The molecule has 0 saturated heterocycles. The zero-order valence-corrected chi connectivity index (χ0v) is 14.2. The topological polar surface area (TPSA) is 104 Å². The molecule has 2 aromatic heterocycles. The first kappa shape index (κ1) is 16.5. The van der Waals surface area contributed by atoms with Crippen molar-refractivity contribution in [2.24, 2.45) is 7.05 Å². The fourth-order valence-electron chi connectivity index (χ4n) is 2.94. The third-order valence-corrected chi connectivity index (χ3v) is 4.19. The van der Waals surface area contributed by atoms with E-state index in [9.17, 15) is 9.59 Å². The summed E-state index contributed by atoms with van der Waals surface area (Å²) in [5, 5.41) is 14.9. The third-order valence-electron chi connectivity index (χ3n) is 4.19. The Hall–Kier alpha value is -3.40. The SMILES string of the molecule is Cc1nc2c(c(C)c1CC(=O)Nc1cccc(C#N)c1)c(=O)[nH]n2C. The number of nitrogens with one attached hydrogen (secondary N) is 2. The van der Waals surface area contributed by atoms with Gasteiger partial charge in [0, 0.05) is 18.4 Å². The van der Waals surface area contributed by atoms with Gasteiger partial charge in [-0.2, -0.15) is 5.26 Å². The summed E-state index contributed by atoms with van der Waals surface area (Å²) in [6.07, 6.45) is 0.103. The van der Waals surface area contributed by atoms with E-state index in [0.29, 0.717) is 28.0 Å². The van der Waals surface area contributed by atoms with Gasteiger partial charge in [-0.3, -0.25) is 19.4 Å². The molecule has 0 bridgehead atoms. The highest BCUT2D eigenvalue weighted by Gasteiger charge is 2.17. The smallest absolute Gasteiger partial charge is 0.273 e. The summed E-state index contributed by atoms with van der Waals surface area (Å²) < 4.78 is 1.58. The van der Waals surface area contributed by atoms with Gasteiger partial charge in [-0.05, 0) is 43.2 Å². The van der Waals surface area contributed by atoms with Gasteiger partial charge in [0.25, 0.3) is 5.56 Å². The minimum atomic E-state index is -0.227. The Morgan fingerprint density at radius 1 is 1.40 bits per heavy atom. The van der Waals surface area contributed by atoms with Gasteiger partial charge in [0.1, 0.15) is 0 Å². The van der Waals surface area contributed by atoms with E-state index in [1.54, 1.807) is 36.0 Å². The fourth-order valence-corrected chi connectivity index (χ4v) is 2.94. The van der Waals surface area contributed by atoms with Gasteiger partial charge in [-0.1, -0.05) is 6.07 Å². The van der Waals surface area contributed by atoms with Crippen molar-refractivity contribution in [2.75, 3.05) is 5.32 Å². The maximum Gasteiger partial charge on any atom is 0.273 e. The molecule has 0 aliphatic rings. The molecule has 0 spiro atoms. The van der Waals surface area contributed by atoms with Crippen LogP contribution in [0.4, 0.5) is 5.69 Å². The first-order chi connectivity index (χ1) is 11.9. The van der Waals surface area contributed by atoms with Crippen molar-refractivity contribution in [3.63, 3.8) is 0 Å². The average Bonchev–Trinajstić information content (AvgIpc) is 2.85. The largest absolute Gasteiger partial charge is 0.326 e. The highest BCUT2D eigenvalue weighted by Crippen LogP contribution is 2.21. The number of nitrogens with zero attached hydrogens (tertiary/aromatic N) is 3. The highest BCUT2D eigenvalue weighted by atomic mass is 16.1. The van der Waals surface area contributed by atoms with Crippen LogP contribution in [0.5, 0.6) is 0 Å². The standard InChI is InChI=1S/C18H17N5O2/c1-10-14(11(2)20-17-16(10)18(25)22-23(17)3)8-15(24)21-13-6-4-5-12(7-13)9-19/h4-7H,8H2,1-3H3,(H,21,24)(H,22,25). The zero-order chi connectivity index (χ0) is 18.1. The molecular weight excluding hydrogens is 318 g/mol. The Morgan fingerprint density at radius 3 is 2.88 bits per heavy atom. The van der Waals surface area contributed by atoms with Gasteiger partial charge in [-0.25, -0.2) is 4.98 Å². The molecule has 0 saturated carbocycles. The number of aryl methyl sites for hydroxylation is 3. The Bertz CT molecular complexity index is 1090. The van der Waals surface area contributed by atoms with E-state index >= 15 is 0 Å². The molecule has 2 heterocycles. The summed E-state index contributed by atoms with van der Waals surface area (Å²) in [5.74, 6) is -0.227. The summed E-state index contributed by atoms with van der Waals surface area (Å²) in [5.41, 5.74) is 3.59. The van der Waals surface area contributed by atoms with Gasteiger partial charge in [0.15, 0.2) is 5.65 Å². The van der Waals surface area contributed by atoms with E-state index in [0.717, 1.165) is 11.1 Å².